The third kappa shape index (κ3) is 3.31. The molecule has 6 nitrogen and oxygen atoms in total. The van der Waals surface area contributed by atoms with E-state index in [2.05, 4.69) is 139 Å². The summed E-state index contributed by atoms with van der Waals surface area (Å²) in [6, 6.07) is 53.0. The molecule has 0 amide bonds. The quantitative estimate of drug-likeness (QED) is 0.202. The van der Waals surface area contributed by atoms with Crippen molar-refractivity contribution >= 4 is 66.2 Å². The van der Waals surface area contributed by atoms with Crippen LogP contribution in [0.2, 0.25) is 0 Å². The van der Waals surface area contributed by atoms with E-state index in [1.807, 2.05) is 30.3 Å². The number of nitrogens with zero attached hydrogens (tertiary/aromatic N) is 6. The van der Waals surface area contributed by atoms with Gasteiger partial charge in [0.05, 0.1) is 55.9 Å². The highest BCUT2D eigenvalue weighted by Crippen LogP contribution is 2.35. The zero-order chi connectivity index (χ0) is 30.4. The third-order valence-corrected chi connectivity index (χ3v) is 9.18. The monoisotopic (exact) mass is 588 g/mol. The van der Waals surface area contributed by atoms with Crippen LogP contribution in [0.25, 0.3) is 77.6 Å². The number of imidazole rings is 1. The van der Waals surface area contributed by atoms with Crippen LogP contribution in [-0.2, 0) is 0 Å². The van der Waals surface area contributed by atoms with Crippen molar-refractivity contribution in [2.45, 2.75) is 0 Å². The molecule has 0 radical (unpaired) electrons. The van der Waals surface area contributed by atoms with E-state index in [9.17, 15) is 5.26 Å². The average Bonchev–Trinajstić information content (AvgIpc) is 3.76. The predicted molar refractivity (Wildman–Crippen MR) is 186 cm³/mol. The first-order chi connectivity index (χ1) is 22.8. The molecule has 10 aromatic rings. The van der Waals surface area contributed by atoms with Crippen LogP contribution in [0.4, 0.5) is 0 Å². The Morgan fingerprint density at radius 2 is 1.15 bits per heavy atom. The van der Waals surface area contributed by atoms with Gasteiger partial charge in [0.2, 0.25) is 5.78 Å². The Balaban J connectivity index is 1.47. The van der Waals surface area contributed by atoms with Crippen molar-refractivity contribution in [2.75, 3.05) is 0 Å². The highest BCUT2D eigenvalue weighted by atomic mass is 15.2. The molecule has 0 aliphatic heterocycles. The van der Waals surface area contributed by atoms with Crippen molar-refractivity contribution < 1.29 is 0 Å². The standard InChI is InChI=1S/C40H24N6/c41-25-26-10-9-12-28(22-26)44-39-23-27-11-1-5-16-33(27)45(39)38-24-29(20-21-37(38)46-36-19-8-4-15-32(36)42-40(44)46)43-34-17-6-2-13-30(34)31-14-3-7-18-35(31)43/h1-24H. The maximum atomic E-state index is 9.85. The molecule has 6 heteroatoms. The molecule has 0 saturated carbocycles. The van der Waals surface area contributed by atoms with Gasteiger partial charge in [-0.25, -0.2) is 4.98 Å². The van der Waals surface area contributed by atoms with Gasteiger partial charge < -0.3 is 4.57 Å². The Labute approximate surface area is 262 Å². The highest BCUT2D eigenvalue weighted by molar-refractivity contribution is 6.09. The number of rotatable bonds is 2. The second-order valence-electron chi connectivity index (χ2n) is 11.7. The van der Waals surface area contributed by atoms with Crippen LogP contribution in [-0.4, -0.2) is 22.9 Å². The molecule has 4 heterocycles. The van der Waals surface area contributed by atoms with Crippen molar-refractivity contribution in [2.24, 2.45) is 0 Å². The molecule has 0 aliphatic rings. The maximum Gasteiger partial charge on any atom is 0.221 e. The predicted octanol–water partition coefficient (Wildman–Crippen LogP) is 9.37. The van der Waals surface area contributed by atoms with E-state index >= 15 is 0 Å². The normalized spacial score (nSPS) is 11.9. The molecule has 0 bridgehead atoms. The van der Waals surface area contributed by atoms with E-state index in [1.54, 1.807) is 0 Å². The number of fused-ring (bicyclic) bond motifs is 12. The summed E-state index contributed by atoms with van der Waals surface area (Å²) in [6.45, 7) is 0. The first kappa shape index (κ1) is 24.8. The summed E-state index contributed by atoms with van der Waals surface area (Å²) in [5.41, 5.74) is 10.9. The fourth-order valence-electron chi connectivity index (χ4n) is 7.24. The Hall–Kier alpha value is -6.58. The molecular formula is C40H24N6. The average molecular weight is 589 g/mol. The van der Waals surface area contributed by atoms with Crippen molar-refractivity contribution in [1.29, 1.82) is 5.26 Å². The minimum Gasteiger partial charge on any atom is -0.309 e. The van der Waals surface area contributed by atoms with Gasteiger partial charge in [-0.05, 0) is 72.8 Å². The molecule has 0 atom stereocenters. The summed E-state index contributed by atoms with van der Waals surface area (Å²) < 4.78 is 9.13. The van der Waals surface area contributed by atoms with Crippen molar-refractivity contribution in [3.8, 4) is 17.4 Å². The number of benzene rings is 6. The van der Waals surface area contributed by atoms with Crippen LogP contribution in [0.1, 0.15) is 5.56 Å². The lowest BCUT2D eigenvalue weighted by Gasteiger charge is -2.10. The topological polar surface area (TPSA) is 55.4 Å². The molecular weight excluding hydrogens is 564 g/mol. The van der Waals surface area contributed by atoms with Gasteiger partial charge in [0, 0.05) is 21.8 Å². The first-order valence-corrected chi connectivity index (χ1v) is 15.3. The van der Waals surface area contributed by atoms with Gasteiger partial charge in [0.1, 0.15) is 5.65 Å². The summed E-state index contributed by atoms with van der Waals surface area (Å²) in [5, 5.41) is 13.4. The highest BCUT2D eigenvalue weighted by Gasteiger charge is 2.19. The molecule has 46 heavy (non-hydrogen) atoms. The number of hydrogen-bond acceptors (Lipinski definition) is 2. The molecule has 0 spiro atoms. The number of para-hydroxylation sites is 5. The van der Waals surface area contributed by atoms with E-state index in [1.165, 1.54) is 21.8 Å². The Kier molecular flexibility index (Phi) is 4.97. The molecule has 0 fully saturated rings. The lowest BCUT2D eigenvalue weighted by atomic mass is 10.2. The van der Waals surface area contributed by atoms with Crippen molar-refractivity contribution in [3.05, 3.63) is 151 Å². The largest absolute Gasteiger partial charge is 0.309 e. The molecule has 6 aromatic carbocycles. The maximum absolute atomic E-state index is 9.85. The van der Waals surface area contributed by atoms with E-state index in [4.69, 9.17) is 4.98 Å². The number of aromatic nitrogens is 5. The van der Waals surface area contributed by atoms with Gasteiger partial charge >= 0.3 is 0 Å². The number of hydrogen-bond donors (Lipinski definition) is 0. The third-order valence-electron chi connectivity index (χ3n) is 9.18. The van der Waals surface area contributed by atoms with Gasteiger partial charge in [0.25, 0.3) is 0 Å². The molecule has 214 valence electrons. The zero-order valence-electron chi connectivity index (χ0n) is 24.5. The van der Waals surface area contributed by atoms with Crippen LogP contribution in [0.15, 0.2) is 146 Å². The smallest absolute Gasteiger partial charge is 0.221 e. The van der Waals surface area contributed by atoms with Crippen LogP contribution in [0.5, 0.6) is 0 Å². The zero-order valence-corrected chi connectivity index (χ0v) is 24.5. The van der Waals surface area contributed by atoms with Crippen molar-refractivity contribution in [3.63, 3.8) is 0 Å². The lowest BCUT2D eigenvalue weighted by molar-refractivity contribution is 1.05. The van der Waals surface area contributed by atoms with E-state index in [-0.39, 0.29) is 0 Å². The lowest BCUT2D eigenvalue weighted by Crippen LogP contribution is -2.01. The molecule has 4 aromatic heterocycles. The van der Waals surface area contributed by atoms with Gasteiger partial charge in [-0.3, -0.25) is 13.4 Å². The molecule has 0 unspecified atom stereocenters. The summed E-state index contributed by atoms with van der Waals surface area (Å²) in [4.78, 5) is 5.24. The first-order valence-electron chi connectivity index (χ1n) is 15.3. The Morgan fingerprint density at radius 1 is 0.478 bits per heavy atom. The Bertz CT molecular complexity index is 2890. The second kappa shape index (κ2) is 9.21. The Morgan fingerprint density at radius 3 is 1.93 bits per heavy atom. The van der Waals surface area contributed by atoms with Gasteiger partial charge in [0.15, 0.2) is 0 Å². The fourth-order valence-corrected chi connectivity index (χ4v) is 7.24. The number of nitriles is 1. The summed E-state index contributed by atoms with van der Waals surface area (Å²) in [7, 11) is 0. The van der Waals surface area contributed by atoms with E-state index in [0.717, 1.165) is 55.8 Å². The van der Waals surface area contributed by atoms with Crippen LogP contribution < -0.4 is 0 Å². The molecule has 10 rings (SSSR count). The van der Waals surface area contributed by atoms with Crippen molar-refractivity contribution in [1.82, 2.24) is 22.9 Å². The van der Waals surface area contributed by atoms with E-state index < -0.39 is 0 Å². The van der Waals surface area contributed by atoms with Gasteiger partial charge in [-0.15, -0.1) is 0 Å². The fraction of sp³-hybridized carbons (Fsp3) is 0. The minimum atomic E-state index is 0.596. The van der Waals surface area contributed by atoms with E-state index in [0.29, 0.717) is 5.56 Å². The van der Waals surface area contributed by atoms with Gasteiger partial charge in [-0.2, -0.15) is 5.26 Å². The SMILES string of the molecule is N#Cc1cccc(-n2c3cc4ccccc4n3c3cc(-n4c5ccccc5c5ccccc54)ccc3n3c4ccccc4nc23)c1. The minimum absolute atomic E-state index is 0.596. The summed E-state index contributed by atoms with van der Waals surface area (Å²) in [5.74, 6) is 0.767. The van der Waals surface area contributed by atoms with Crippen LogP contribution >= 0.6 is 0 Å². The molecule has 0 saturated heterocycles. The molecule has 0 aliphatic carbocycles. The van der Waals surface area contributed by atoms with Crippen LogP contribution in [0, 0.1) is 11.3 Å². The second-order valence-corrected chi connectivity index (χ2v) is 11.7. The van der Waals surface area contributed by atoms with Crippen LogP contribution in [0.3, 0.4) is 0 Å². The summed E-state index contributed by atoms with van der Waals surface area (Å²) in [6.07, 6.45) is 0. The summed E-state index contributed by atoms with van der Waals surface area (Å²) >= 11 is 0. The van der Waals surface area contributed by atoms with Gasteiger partial charge in [-0.1, -0.05) is 72.8 Å². The molecule has 0 N–H and O–H groups in total.